The van der Waals surface area contributed by atoms with Gasteiger partial charge in [0.15, 0.2) is 0 Å². The first-order valence-electron chi connectivity index (χ1n) is 6.55. The Morgan fingerprint density at radius 2 is 1.81 bits per heavy atom. The lowest BCUT2D eigenvalue weighted by molar-refractivity contribution is -0.154. The Balaban J connectivity index is 3.57. The predicted molar refractivity (Wildman–Crippen MR) is 68.3 cm³/mol. The first kappa shape index (κ1) is 15.5. The molecule has 2 nitrogen and oxygen atoms in total. The van der Waals surface area contributed by atoms with Crippen molar-refractivity contribution in [3.05, 3.63) is 0 Å². The van der Waals surface area contributed by atoms with Gasteiger partial charge in [0.2, 0.25) is 0 Å². The van der Waals surface area contributed by atoms with E-state index in [1.54, 1.807) is 0 Å². The van der Waals surface area contributed by atoms with E-state index in [0.717, 1.165) is 6.42 Å². The largest absolute Gasteiger partial charge is 0.465 e. The standard InChI is InChI=1S/C14H28O2/c1-6-7-8-9-10-12(2)11-16-13(15)14(3,4)5/h12H,6-11H2,1-5H3. The molecule has 0 aromatic carbocycles. The van der Waals surface area contributed by atoms with E-state index >= 15 is 0 Å². The van der Waals surface area contributed by atoms with E-state index in [1.807, 2.05) is 20.8 Å². The second-order valence-electron chi connectivity index (χ2n) is 5.80. The number of hydrogen-bond acceptors (Lipinski definition) is 2. The molecule has 96 valence electrons. The molecule has 0 radical (unpaired) electrons. The minimum Gasteiger partial charge on any atom is -0.465 e. The molecule has 1 atom stereocenters. The van der Waals surface area contributed by atoms with E-state index < -0.39 is 0 Å². The van der Waals surface area contributed by atoms with Crippen LogP contribution in [0, 0.1) is 11.3 Å². The van der Waals surface area contributed by atoms with Gasteiger partial charge in [0, 0.05) is 0 Å². The van der Waals surface area contributed by atoms with Gasteiger partial charge in [-0.3, -0.25) is 4.79 Å². The van der Waals surface area contributed by atoms with Crippen LogP contribution in [0.3, 0.4) is 0 Å². The second kappa shape index (κ2) is 7.70. The zero-order chi connectivity index (χ0) is 12.6. The monoisotopic (exact) mass is 228 g/mol. The van der Waals surface area contributed by atoms with Crippen LogP contribution in [0.5, 0.6) is 0 Å². The molecule has 0 aliphatic rings. The molecule has 0 heterocycles. The second-order valence-corrected chi connectivity index (χ2v) is 5.80. The third-order valence-electron chi connectivity index (χ3n) is 2.66. The summed E-state index contributed by atoms with van der Waals surface area (Å²) in [5.41, 5.74) is -0.373. The molecular formula is C14H28O2. The van der Waals surface area contributed by atoms with Crippen molar-refractivity contribution < 1.29 is 9.53 Å². The van der Waals surface area contributed by atoms with E-state index in [1.165, 1.54) is 25.7 Å². The van der Waals surface area contributed by atoms with Crippen molar-refractivity contribution in [1.82, 2.24) is 0 Å². The van der Waals surface area contributed by atoms with Crippen molar-refractivity contribution in [1.29, 1.82) is 0 Å². The number of ether oxygens (including phenoxy) is 1. The van der Waals surface area contributed by atoms with Crippen molar-refractivity contribution in [2.75, 3.05) is 6.61 Å². The summed E-state index contributed by atoms with van der Waals surface area (Å²) in [4.78, 5) is 11.5. The van der Waals surface area contributed by atoms with Gasteiger partial charge in [-0.1, -0.05) is 39.5 Å². The summed E-state index contributed by atoms with van der Waals surface area (Å²) in [6.45, 7) is 10.6. The Hall–Kier alpha value is -0.530. The molecule has 0 saturated heterocycles. The van der Waals surface area contributed by atoms with Crippen molar-refractivity contribution in [3.63, 3.8) is 0 Å². The van der Waals surface area contributed by atoms with Gasteiger partial charge in [0.1, 0.15) is 0 Å². The fraction of sp³-hybridized carbons (Fsp3) is 0.929. The van der Waals surface area contributed by atoms with Crippen molar-refractivity contribution in [2.24, 2.45) is 11.3 Å². The molecule has 2 heteroatoms. The quantitative estimate of drug-likeness (QED) is 0.482. The van der Waals surface area contributed by atoms with Crippen LogP contribution < -0.4 is 0 Å². The SMILES string of the molecule is CCCCCCC(C)COC(=O)C(C)(C)C. The van der Waals surface area contributed by atoms with Crippen LogP contribution in [0.2, 0.25) is 0 Å². The molecule has 0 saturated carbocycles. The summed E-state index contributed by atoms with van der Waals surface area (Å²) in [5.74, 6) is 0.399. The van der Waals surface area contributed by atoms with E-state index in [-0.39, 0.29) is 11.4 Å². The van der Waals surface area contributed by atoms with E-state index in [0.29, 0.717) is 12.5 Å². The molecular weight excluding hydrogens is 200 g/mol. The maximum atomic E-state index is 11.5. The van der Waals surface area contributed by atoms with Gasteiger partial charge >= 0.3 is 5.97 Å². The molecule has 0 amide bonds. The van der Waals surface area contributed by atoms with Crippen molar-refractivity contribution >= 4 is 5.97 Å². The van der Waals surface area contributed by atoms with Gasteiger partial charge < -0.3 is 4.74 Å². The predicted octanol–water partition coefficient (Wildman–Crippen LogP) is 4.18. The molecule has 0 aliphatic heterocycles. The van der Waals surface area contributed by atoms with Crippen LogP contribution in [-0.4, -0.2) is 12.6 Å². The number of carbonyl (C=O) groups is 1. The molecule has 1 unspecified atom stereocenters. The summed E-state index contributed by atoms with van der Waals surface area (Å²) in [7, 11) is 0. The fourth-order valence-electron chi connectivity index (χ4n) is 1.44. The average molecular weight is 228 g/mol. The zero-order valence-corrected chi connectivity index (χ0v) is 11.6. The molecule has 0 aliphatic carbocycles. The molecule has 0 spiro atoms. The summed E-state index contributed by atoms with van der Waals surface area (Å²) in [6, 6.07) is 0. The third-order valence-corrected chi connectivity index (χ3v) is 2.66. The Kier molecular flexibility index (Phi) is 7.44. The number of rotatable bonds is 7. The topological polar surface area (TPSA) is 26.3 Å². The van der Waals surface area contributed by atoms with Gasteiger partial charge in [0.25, 0.3) is 0 Å². The van der Waals surface area contributed by atoms with Crippen molar-refractivity contribution in [2.45, 2.75) is 66.7 Å². The lowest BCUT2D eigenvalue weighted by Crippen LogP contribution is -2.24. The van der Waals surface area contributed by atoms with Gasteiger partial charge in [-0.2, -0.15) is 0 Å². The number of esters is 1. The van der Waals surface area contributed by atoms with E-state index in [9.17, 15) is 4.79 Å². The van der Waals surface area contributed by atoms with Crippen LogP contribution >= 0.6 is 0 Å². The highest BCUT2D eigenvalue weighted by molar-refractivity contribution is 5.75. The third kappa shape index (κ3) is 7.72. The van der Waals surface area contributed by atoms with Crippen LogP contribution in [0.15, 0.2) is 0 Å². The summed E-state index contributed by atoms with van der Waals surface area (Å²) >= 11 is 0. The van der Waals surface area contributed by atoms with Gasteiger partial charge in [-0.25, -0.2) is 0 Å². The Morgan fingerprint density at radius 1 is 1.19 bits per heavy atom. The zero-order valence-electron chi connectivity index (χ0n) is 11.6. The Labute approximate surface area is 101 Å². The highest BCUT2D eigenvalue weighted by Gasteiger charge is 2.23. The lowest BCUT2D eigenvalue weighted by atomic mass is 9.97. The maximum Gasteiger partial charge on any atom is 0.311 e. The van der Waals surface area contributed by atoms with Crippen LogP contribution in [0.25, 0.3) is 0 Å². The first-order valence-corrected chi connectivity index (χ1v) is 6.55. The molecule has 0 rings (SSSR count). The smallest absolute Gasteiger partial charge is 0.311 e. The molecule has 0 aromatic heterocycles. The van der Waals surface area contributed by atoms with Gasteiger partial charge in [-0.05, 0) is 33.1 Å². The van der Waals surface area contributed by atoms with Crippen LogP contribution in [-0.2, 0) is 9.53 Å². The number of unbranched alkanes of at least 4 members (excludes halogenated alkanes) is 3. The molecule has 0 aromatic rings. The summed E-state index contributed by atoms with van der Waals surface area (Å²) in [6.07, 6.45) is 6.30. The number of hydrogen-bond donors (Lipinski definition) is 0. The molecule has 0 bridgehead atoms. The van der Waals surface area contributed by atoms with Crippen LogP contribution in [0.4, 0.5) is 0 Å². The highest BCUT2D eigenvalue weighted by atomic mass is 16.5. The summed E-state index contributed by atoms with van der Waals surface area (Å²) in [5, 5.41) is 0. The highest BCUT2D eigenvalue weighted by Crippen LogP contribution is 2.17. The first-order chi connectivity index (χ1) is 7.38. The Morgan fingerprint density at radius 3 is 2.31 bits per heavy atom. The average Bonchev–Trinajstić information content (AvgIpc) is 2.19. The number of carbonyl (C=O) groups excluding carboxylic acids is 1. The summed E-state index contributed by atoms with van der Waals surface area (Å²) < 4.78 is 5.29. The molecule has 0 fully saturated rings. The Bertz CT molecular complexity index is 191. The minimum atomic E-state index is -0.373. The minimum absolute atomic E-state index is 0.0899. The lowest BCUT2D eigenvalue weighted by Gasteiger charge is -2.19. The normalized spacial score (nSPS) is 13.6. The van der Waals surface area contributed by atoms with Gasteiger partial charge in [-0.15, -0.1) is 0 Å². The van der Waals surface area contributed by atoms with Gasteiger partial charge in [0.05, 0.1) is 12.0 Å². The molecule has 0 N–H and O–H groups in total. The maximum absolute atomic E-state index is 11.5. The fourth-order valence-corrected chi connectivity index (χ4v) is 1.44. The van der Waals surface area contributed by atoms with Crippen LogP contribution in [0.1, 0.15) is 66.7 Å². The van der Waals surface area contributed by atoms with Crippen molar-refractivity contribution in [3.8, 4) is 0 Å². The molecule has 16 heavy (non-hydrogen) atoms. The van der Waals surface area contributed by atoms with E-state index in [4.69, 9.17) is 4.74 Å². The van der Waals surface area contributed by atoms with E-state index in [2.05, 4.69) is 13.8 Å².